The number of halogens is 2. The predicted molar refractivity (Wildman–Crippen MR) is 191 cm³/mol. The van der Waals surface area contributed by atoms with E-state index in [1.807, 2.05) is 0 Å². The molecule has 0 saturated carbocycles. The standard InChI is InChI=1S/C19H19.C17H15.2CH3.2ClH.Si.Zr/c1-3-14(2)17-12-16-10-7-11-18(19(16)13-17)15-8-5-4-6-9-15;1-12-10-16-13(2)8-9-15(17(16)11-12)14-6-4-3-5-7-14;;;;;;/h4-14H,3H2,1-2H3;3-11H,1-2H3;2*1H3;2*1H;;/q4*-1;;;;. The topological polar surface area (TPSA) is 0 Å². The minimum atomic E-state index is 0. The van der Waals surface area contributed by atoms with Crippen LogP contribution in [0.3, 0.4) is 0 Å². The number of rotatable bonds is 4. The molecule has 0 bridgehead atoms. The van der Waals surface area contributed by atoms with E-state index < -0.39 is 0 Å². The molecule has 0 saturated heterocycles. The van der Waals surface area contributed by atoms with E-state index >= 15 is 0 Å². The first-order valence-corrected chi connectivity index (χ1v) is 17.5. The summed E-state index contributed by atoms with van der Waals surface area (Å²) in [6.07, 6.45) is 1.19. The van der Waals surface area contributed by atoms with Crippen LogP contribution in [0.25, 0.3) is 43.8 Å². The van der Waals surface area contributed by atoms with E-state index in [4.69, 9.17) is 0 Å². The van der Waals surface area contributed by atoms with Gasteiger partial charge in [-0.3, -0.25) is 0 Å². The molecule has 0 aliphatic rings. The first-order chi connectivity index (χ1) is 18.5. The fourth-order valence-electron chi connectivity index (χ4n) is 5.11. The first-order valence-electron chi connectivity index (χ1n) is 13.3. The molecule has 42 heavy (non-hydrogen) atoms. The number of fused-ring (bicyclic) bond motifs is 2. The van der Waals surface area contributed by atoms with Gasteiger partial charge in [0.1, 0.15) is 0 Å². The molecule has 4 heteroatoms. The molecule has 6 aromatic carbocycles. The Morgan fingerprint density at radius 2 is 1.21 bits per heavy atom. The van der Waals surface area contributed by atoms with E-state index in [1.54, 1.807) is 0 Å². The molecule has 2 radical (unpaired) electrons. The SMILES string of the molecule is CCC(C)c1cc2c(-c3ccccc3)cccc2[cH-]1.Cc1cc2c(-c3ccccc3)ccc(C)c2[cH-]1.Cl.Cl.[CH3-].[CH3-].[Si]=[Zr]. The van der Waals surface area contributed by atoms with Crippen molar-refractivity contribution in [3.8, 4) is 22.3 Å². The second-order valence-corrected chi connectivity index (χ2v) is 9.93. The van der Waals surface area contributed by atoms with Crippen molar-refractivity contribution in [1.82, 2.24) is 0 Å². The van der Waals surface area contributed by atoms with Crippen molar-refractivity contribution in [3.63, 3.8) is 0 Å². The number of benzene rings is 4. The van der Waals surface area contributed by atoms with Gasteiger partial charge in [-0.15, -0.1) is 93.4 Å². The third kappa shape index (κ3) is 9.14. The molecule has 1 unspecified atom stereocenters. The van der Waals surface area contributed by atoms with E-state index in [9.17, 15) is 0 Å². The minimum absolute atomic E-state index is 0. The first kappa shape index (κ1) is 39.8. The van der Waals surface area contributed by atoms with Crippen molar-refractivity contribution in [2.75, 3.05) is 0 Å². The van der Waals surface area contributed by atoms with Gasteiger partial charge < -0.3 is 14.9 Å². The van der Waals surface area contributed by atoms with Crippen LogP contribution in [0.2, 0.25) is 0 Å². The Labute approximate surface area is 283 Å². The zero-order valence-corrected chi connectivity index (χ0v) is 30.7. The summed E-state index contributed by atoms with van der Waals surface area (Å²) >= 11 is 1.36. The summed E-state index contributed by atoms with van der Waals surface area (Å²) in [6, 6.07) is 41.5. The average molecular weight is 689 g/mol. The quantitative estimate of drug-likeness (QED) is 0.128. The molecule has 0 N–H and O–H groups in total. The summed E-state index contributed by atoms with van der Waals surface area (Å²) in [4.78, 5) is 0. The third-order valence-electron chi connectivity index (χ3n) is 7.37. The van der Waals surface area contributed by atoms with Crippen molar-refractivity contribution in [3.05, 3.63) is 147 Å². The molecule has 6 rings (SSSR count). The normalized spacial score (nSPS) is 10.3. The van der Waals surface area contributed by atoms with Crippen molar-refractivity contribution in [2.24, 2.45) is 0 Å². The molecule has 6 aromatic rings. The summed E-state index contributed by atoms with van der Waals surface area (Å²) in [7, 11) is 0. The van der Waals surface area contributed by atoms with E-state index in [0.717, 1.165) is 0 Å². The zero-order chi connectivity index (χ0) is 27.1. The monoisotopic (exact) mass is 686 g/mol. The summed E-state index contributed by atoms with van der Waals surface area (Å²) in [5.41, 5.74) is 9.42. The van der Waals surface area contributed by atoms with Crippen molar-refractivity contribution in [2.45, 2.75) is 40.0 Å². The maximum absolute atomic E-state index is 3.06. The van der Waals surface area contributed by atoms with Crippen molar-refractivity contribution >= 4 is 53.2 Å². The number of hydrogen-bond donors (Lipinski definition) is 0. The summed E-state index contributed by atoms with van der Waals surface area (Å²) in [6.45, 7) is 12.0. The molecule has 0 amide bonds. The molecule has 0 aliphatic heterocycles. The van der Waals surface area contributed by atoms with Gasteiger partial charge in [0.2, 0.25) is 0 Å². The fourth-order valence-corrected chi connectivity index (χ4v) is 5.11. The molecule has 0 aliphatic carbocycles. The van der Waals surface area contributed by atoms with Crippen LogP contribution in [-0.4, -0.2) is 6.88 Å². The van der Waals surface area contributed by atoms with Gasteiger partial charge >= 0.3 is 30.2 Å². The second kappa shape index (κ2) is 19.1. The van der Waals surface area contributed by atoms with E-state index in [0.29, 0.717) is 5.92 Å². The van der Waals surface area contributed by atoms with Crippen LogP contribution in [0.5, 0.6) is 0 Å². The van der Waals surface area contributed by atoms with Crippen LogP contribution in [-0.2, 0) is 23.3 Å². The van der Waals surface area contributed by atoms with Crippen LogP contribution in [0.15, 0.2) is 115 Å². The van der Waals surface area contributed by atoms with Crippen molar-refractivity contribution in [1.29, 1.82) is 0 Å². The van der Waals surface area contributed by atoms with Gasteiger partial charge in [-0.2, -0.15) is 12.1 Å². The van der Waals surface area contributed by atoms with Gasteiger partial charge in [0.15, 0.2) is 0 Å². The maximum atomic E-state index is 3.06. The summed E-state index contributed by atoms with van der Waals surface area (Å²) in [5, 5.41) is 5.48. The van der Waals surface area contributed by atoms with Gasteiger partial charge in [-0.25, -0.2) is 0 Å². The van der Waals surface area contributed by atoms with Crippen LogP contribution < -0.4 is 0 Å². The van der Waals surface area contributed by atoms with Gasteiger partial charge in [0, 0.05) is 0 Å². The predicted octanol–water partition coefficient (Wildman–Crippen LogP) is 11.9. The molecule has 0 nitrogen and oxygen atoms in total. The Bertz CT molecular complexity index is 1620. The van der Waals surface area contributed by atoms with E-state index in [1.165, 1.54) is 90.2 Å². The van der Waals surface area contributed by atoms with E-state index in [-0.39, 0.29) is 39.7 Å². The molecule has 0 heterocycles. The van der Waals surface area contributed by atoms with Gasteiger partial charge in [-0.1, -0.05) is 118 Å². The van der Waals surface area contributed by atoms with Crippen molar-refractivity contribution < 1.29 is 23.3 Å². The molecule has 0 aromatic heterocycles. The van der Waals surface area contributed by atoms with Gasteiger partial charge in [0.25, 0.3) is 0 Å². The van der Waals surface area contributed by atoms with Crippen LogP contribution in [0.4, 0.5) is 0 Å². The summed E-state index contributed by atoms with van der Waals surface area (Å²) in [5.74, 6) is 0.635. The van der Waals surface area contributed by atoms with Gasteiger partial charge in [-0.05, 0) is 17.0 Å². The molecule has 0 spiro atoms. The fraction of sp³-hybridized carbons (Fsp3) is 0.158. The zero-order valence-electron chi connectivity index (χ0n) is 25.6. The Hall–Kier alpha value is -2.22. The molecular formula is C38H42Cl2SiZr-4. The molecular weight excluding hydrogens is 647 g/mol. The number of hydrogen-bond acceptors (Lipinski definition) is 0. The summed E-state index contributed by atoms with van der Waals surface area (Å²) < 4.78 is 0. The second-order valence-electron chi connectivity index (χ2n) is 9.93. The third-order valence-corrected chi connectivity index (χ3v) is 7.37. The van der Waals surface area contributed by atoms with Crippen LogP contribution in [0.1, 0.15) is 42.9 Å². The number of aryl methyl sites for hydroxylation is 2. The Balaban J connectivity index is 0.000000696. The average Bonchev–Trinajstić information content (AvgIpc) is 3.59. The van der Waals surface area contributed by atoms with Gasteiger partial charge in [0.05, 0.1) is 0 Å². The Kier molecular flexibility index (Phi) is 18.1. The Morgan fingerprint density at radius 1 is 0.667 bits per heavy atom. The Morgan fingerprint density at radius 3 is 1.76 bits per heavy atom. The van der Waals surface area contributed by atoms with Crippen LogP contribution in [0, 0.1) is 28.7 Å². The van der Waals surface area contributed by atoms with Crippen LogP contribution >= 0.6 is 24.8 Å². The molecule has 220 valence electrons. The van der Waals surface area contributed by atoms with E-state index in [2.05, 4.69) is 150 Å². The molecule has 1 atom stereocenters. The molecule has 0 fully saturated rings.